The van der Waals surface area contributed by atoms with E-state index in [-0.39, 0.29) is 0 Å². The Morgan fingerprint density at radius 2 is 1.79 bits per heavy atom. The molecule has 0 radical (unpaired) electrons. The summed E-state index contributed by atoms with van der Waals surface area (Å²) in [5, 5.41) is 4.49. The van der Waals surface area contributed by atoms with Gasteiger partial charge in [0.15, 0.2) is 5.65 Å². The highest BCUT2D eigenvalue weighted by Gasteiger charge is 2.15. The summed E-state index contributed by atoms with van der Waals surface area (Å²) in [5.41, 5.74) is 5.87. The van der Waals surface area contributed by atoms with Gasteiger partial charge in [0.1, 0.15) is 5.75 Å². The van der Waals surface area contributed by atoms with E-state index in [4.69, 9.17) is 4.74 Å². The first-order valence-electron chi connectivity index (χ1n) is 7.66. The summed E-state index contributed by atoms with van der Waals surface area (Å²) in [7, 11) is 1.67. The van der Waals surface area contributed by atoms with Crippen molar-refractivity contribution >= 4 is 5.65 Å². The van der Waals surface area contributed by atoms with Gasteiger partial charge in [0, 0.05) is 35.3 Å². The summed E-state index contributed by atoms with van der Waals surface area (Å²) in [4.78, 5) is 8.85. The molecule has 0 saturated heterocycles. The SMILES string of the molecule is COc1ccccc1-c1cnc2c(-c3cnccc3C)ccnn12. The number of imidazole rings is 1. The van der Waals surface area contributed by atoms with Crippen molar-refractivity contribution in [2.45, 2.75) is 6.92 Å². The molecule has 4 aromatic rings. The second-order valence-electron chi connectivity index (χ2n) is 5.51. The number of methoxy groups -OCH3 is 1. The van der Waals surface area contributed by atoms with Crippen LogP contribution < -0.4 is 4.74 Å². The van der Waals surface area contributed by atoms with Crippen LogP contribution in [0.3, 0.4) is 0 Å². The Kier molecular flexibility index (Phi) is 3.46. The van der Waals surface area contributed by atoms with Gasteiger partial charge in [-0.05, 0) is 36.8 Å². The number of fused-ring (bicyclic) bond motifs is 1. The van der Waals surface area contributed by atoms with Crippen LogP contribution in [0, 0.1) is 6.92 Å². The molecule has 0 saturated carbocycles. The molecular formula is C19H16N4O. The van der Waals surface area contributed by atoms with Gasteiger partial charge in [-0.3, -0.25) is 4.98 Å². The topological polar surface area (TPSA) is 52.3 Å². The van der Waals surface area contributed by atoms with Crippen LogP contribution in [0.25, 0.3) is 28.0 Å². The van der Waals surface area contributed by atoms with Crippen molar-refractivity contribution in [1.82, 2.24) is 19.6 Å². The molecule has 0 aliphatic heterocycles. The minimum Gasteiger partial charge on any atom is -0.496 e. The van der Waals surface area contributed by atoms with Crippen molar-refractivity contribution in [2.75, 3.05) is 7.11 Å². The quantitative estimate of drug-likeness (QED) is 0.577. The zero-order valence-corrected chi connectivity index (χ0v) is 13.5. The van der Waals surface area contributed by atoms with Crippen LogP contribution in [0.2, 0.25) is 0 Å². The fraction of sp³-hybridized carbons (Fsp3) is 0.105. The van der Waals surface area contributed by atoms with Crippen molar-refractivity contribution in [3.05, 3.63) is 66.7 Å². The Hall–Kier alpha value is -3.21. The van der Waals surface area contributed by atoms with Crippen molar-refractivity contribution < 1.29 is 4.74 Å². The standard InChI is InChI=1S/C19H16N4O/c1-13-7-9-20-11-16(13)14-8-10-22-23-17(12-21-19(14)23)15-5-3-4-6-18(15)24-2/h3-12H,1-2H3. The number of benzene rings is 1. The first-order chi connectivity index (χ1) is 11.8. The van der Waals surface area contributed by atoms with Gasteiger partial charge in [-0.15, -0.1) is 0 Å². The second-order valence-corrected chi connectivity index (χ2v) is 5.51. The Bertz CT molecular complexity index is 1020. The van der Waals surface area contributed by atoms with Crippen molar-refractivity contribution in [3.63, 3.8) is 0 Å². The number of aryl methyl sites for hydroxylation is 1. The van der Waals surface area contributed by atoms with Crippen LogP contribution in [0.1, 0.15) is 5.56 Å². The Morgan fingerprint density at radius 1 is 0.917 bits per heavy atom. The molecule has 0 fully saturated rings. The normalized spacial score (nSPS) is 10.9. The summed E-state index contributed by atoms with van der Waals surface area (Å²) in [6, 6.07) is 11.8. The minimum atomic E-state index is 0.795. The lowest BCUT2D eigenvalue weighted by molar-refractivity contribution is 0.416. The molecule has 5 heteroatoms. The highest BCUT2D eigenvalue weighted by atomic mass is 16.5. The van der Waals surface area contributed by atoms with E-state index < -0.39 is 0 Å². The van der Waals surface area contributed by atoms with E-state index in [1.807, 2.05) is 53.3 Å². The molecule has 118 valence electrons. The Morgan fingerprint density at radius 3 is 2.62 bits per heavy atom. The number of hydrogen-bond acceptors (Lipinski definition) is 4. The predicted molar refractivity (Wildman–Crippen MR) is 92.9 cm³/mol. The molecule has 0 unspecified atom stereocenters. The van der Waals surface area contributed by atoms with Crippen LogP contribution in [-0.2, 0) is 0 Å². The maximum Gasteiger partial charge on any atom is 0.162 e. The van der Waals surface area contributed by atoms with Crippen molar-refractivity contribution in [3.8, 4) is 28.1 Å². The lowest BCUT2D eigenvalue weighted by atomic mass is 10.1. The summed E-state index contributed by atoms with van der Waals surface area (Å²) < 4.78 is 7.32. The van der Waals surface area contributed by atoms with Gasteiger partial charge in [0.05, 0.1) is 19.0 Å². The smallest absolute Gasteiger partial charge is 0.162 e. The molecule has 3 heterocycles. The number of nitrogens with zero attached hydrogens (tertiary/aromatic N) is 4. The van der Waals surface area contributed by atoms with Gasteiger partial charge in [0.25, 0.3) is 0 Å². The molecular weight excluding hydrogens is 300 g/mol. The summed E-state index contributed by atoms with van der Waals surface area (Å²) >= 11 is 0. The predicted octanol–water partition coefficient (Wildman–Crippen LogP) is 3.78. The molecule has 0 aliphatic carbocycles. The fourth-order valence-corrected chi connectivity index (χ4v) is 2.89. The number of rotatable bonds is 3. The maximum absolute atomic E-state index is 5.47. The molecule has 4 rings (SSSR count). The molecule has 0 spiro atoms. The van der Waals surface area contributed by atoms with E-state index in [9.17, 15) is 0 Å². The number of hydrogen-bond donors (Lipinski definition) is 0. The van der Waals surface area contributed by atoms with Gasteiger partial charge in [-0.2, -0.15) is 5.10 Å². The number of para-hydroxylation sites is 1. The largest absolute Gasteiger partial charge is 0.496 e. The van der Waals surface area contributed by atoms with Crippen LogP contribution >= 0.6 is 0 Å². The van der Waals surface area contributed by atoms with E-state index in [2.05, 4.69) is 22.0 Å². The number of ether oxygens (including phenoxy) is 1. The highest BCUT2D eigenvalue weighted by molar-refractivity contribution is 5.81. The fourth-order valence-electron chi connectivity index (χ4n) is 2.89. The third-order valence-electron chi connectivity index (χ3n) is 4.11. The summed E-state index contributed by atoms with van der Waals surface area (Å²) in [6.45, 7) is 2.07. The summed E-state index contributed by atoms with van der Waals surface area (Å²) in [5.74, 6) is 0.795. The van der Waals surface area contributed by atoms with E-state index in [1.165, 1.54) is 0 Å². The third kappa shape index (κ3) is 2.22. The number of pyridine rings is 1. The average molecular weight is 316 g/mol. The van der Waals surface area contributed by atoms with Gasteiger partial charge in [0.2, 0.25) is 0 Å². The van der Waals surface area contributed by atoms with E-state index in [0.717, 1.165) is 39.3 Å². The first-order valence-corrected chi connectivity index (χ1v) is 7.66. The zero-order valence-electron chi connectivity index (χ0n) is 13.5. The Balaban J connectivity index is 1.97. The third-order valence-corrected chi connectivity index (χ3v) is 4.11. The lowest BCUT2D eigenvalue weighted by Gasteiger charge is -2.09. The van der Waals surface area contributed by atoms with E-state index in [1.54, 1.807) is 19.5 Å². The van der Waals surface area contributed by atoms with Gasteiger partial charge >= 0.3 is 0 Å². The van der Waals surface area contributed by atoms with E-state index in [0.29, 0.717) is 0 Å². The minimum absolute atomic E-state index is 0.795. The molecule has 0 bridgehead atoms. The molecule has 0 N–H and O–H groups in total. The maximum atomic E-state index is 5.47. The molecule has 24 heavy (non-hydrogen) atoms. The van der Waals surface area contributed by atoms with E-state index >= 15 is 0 Å². The van der Waals surface area contributed by atoms with Gasteiger partial charge in [-0.25, -0.2) is 9.50 Å². The Labute approximate surface area is 139 Å². The first kappa shape index (κ1) is 14.4. The van der Waals surface area contributed by atoms with Gasteiger partial charge < -0.3 is 4.74 Å². The highest BCUT2D eigenvalue weighted by Crippen LogP contribution is 2.32. The van der Waals surface area contributed by atoms with Crippen LogP contribution in [0.5, 0.6) is 5.75 Å². The molecule has 0 aliphatic rings. The zero-order chi connectivity index (χ0) is 16.5. The van der Waals surface area contributed by atoms with Crippen molar-refractivity contribution in [2.24, 2.45) is 0 Å². The second kappa shape index (κ2) is 5.77. The lowest BCUT2D eigenvalue weighted by Crippen LogP contribution is -1.97. The molecule has 5 nitrogen and oxygen atoms in total. The van der Waals surface area contributed by atoms with Crippen LogP contribution in [0.15, 0.2) is 61.2 Å². The van der Waals surface area contributed by atoms with Crippen LogP contribution in [-0.4, -0.2) is 26.7 Å². The average Bonchev–Trinajstić information content (AvgIpc) is 3.06. The number of aromatic nitrogens is 4. The molecule has 0 amide bonds. The molecule has 3 aromatic heterocycles. The molecule has 0 atom stereocenters. The summed E-state index contributed by atoms with van der Waals surface area (Å²) in [6.07, 6.45) is 7.27. The van der Waals surface area contributed by atoms with Gasteiger partial charge in [-0.1, -0.05) is 12.1 Å². The van der Waals surface area contributed by atoms with Crippen LogP contribution in [0.4, 0.5) is 0 Å². The molecule has 1 aromatic carbocycles. The van der Waals surface area contributed by atoms with Crippen molar-refractivity contribution in [1.29, 1.82) is 0 Å². The monoisotopic (exact) mass is 316 g/mol.